The minimum absolute atomic E-state index is 0.0997. The van der Waals surface area contributed by atoms with Crippen LogP contribution in [0.1, 0.15) is 38.9 Å². The maximum Gasteiger partial charge on any atom is 0.417 e. The molecule has 8 rings (SSSR count). The first-order chi connectivity index (χ1) is 24.6. The maximum atomic E-state index is 15.1. The van der Waals surface area contributed by atoms with E-state index in [1.807, 2.05) is 100 Å². The van der Waals surface area contributed by atoms with Gasteiger partial charge >= 0.3 is 12.4 Å². The molecule has 258 valence electrons. The van der Waals surface area contributed by atoms with E-state index in [0.29, 0.717) is 40.3 Å². The highest BCUT2D eigenvalue weighted by Gasteiger charge is 2.39. The lowest BCUT2D eigenvalue weighted by Gasteiger charge is -2.24. The minimum Gasteiger partial charge on any atom is -0.308 e. The molecule has 0 saturated heterocycles. The number of nitriles is 1. The SMILES string of the molecule is Cc1ccc2c(c1)c1cc(C)ccc1n2-c1cc(C#N)cc(-n2c3ccc(C)cc3c3cc(C)ccc32)c1-c1cc(C(F)(F)F)ccc1C(F)(F)F. The maximum absolute atomic E-state index is 15.1. The van der Waals surface area contributed by atoms with Gasteiger partial charge in [0, 0.05) is 27.1 Å². The Bertz CT molecular complexity index is 2560. The van der Waals surface area contributed by atoms with Gasteiger partial charge in [-0.3, -0.25) is 0 Å². The highest BCUT2D eigenvalue weighted by molar-refractivity contribution is 6.12. The Kier molecular flexibility index (Phi) is 7.33. The summed E-state index contributed by atoms with van der Waals surface area (Å²) in [6.45, 7) is 7.73. The Hall–Kier alpha value is -6.01. The van der Waals surface area contributed by atoms with Gasteiger partial charge in [0.05, 0.1) is 56.2 Å². The molecule has 0 bridgehead atoms. The lowest BCUT2D eigenvalue weighted by Crippen LogP contribution is -2.13. The summed E-state index contributed by atoms with van der Waals surface area (Å²) in [5.41, 5.74) is 3.51. The number of nitrogens with zero attached hydrogens (tertiary/aromatic N) is 3. The Balaban J connectivity index is 1.66. The van der Waals surface area contributed by atoms with Gasteiger partial charge in [0.1, 0.15) is 0 Å². The molecule has 2 heterocycles. The van der Waals surface area contributed by atoms with E-state index in [1.165, 1.54) is 12.1 Å². The molecule has 0 aliphatic rings. The van der Waals surface area contributed by atoms with Crippen molar-refractivity contribution in [3.63, 3.8) is 0 Å². The Morgan fingerprint density at radius 3 is 1.19 bits per heavy atom. The van der Waals surface area contributed by atoms with Crippen LogP contribution in [-0.4, -0.2) is 9.13 Å². The quantitative estimate of drug-likeness (QED) is 0.169. The van der Waals surface area contributed by atoms with Crippen LogP contribution in [0.2, 0.25) is 0 Å². The standard InChI is InChI=1S/C43H29F6N3/c1-23-5-11-35-29(15-23)30-16-24(2)6-12-36(30)51(35)39-19-27(22-50)20-40(41(39)33-21-28(42(44,45)46)9-10-34(33)43(47,48)49)52-37-13-7-25(3)17-31(37)32-18-26(4)8-14-38(32)52/h5-21H,1-4H3. The number of alkyl halides is 6. The fraction of sp³-hybridized carbons (Fsp3) is 0.140. The molecule has 0 saturated carbocycles. The predicted molar refractivity (Wildman–Crippen MR) is 194 cm³/mol. The van der Waals surface area contributed by atoms with Crippen LogP contribution in [0.3, 0.4) is 0 Å². The zero-order chi connectivity index (χ0) is 36.9. The van der Waals surface area contributed by atoms with Crippen molar-refractivity contribution in [2.75, 3.05) is 0 Å². The summed E-state index contributed by atoms with van der Waals surface area (Å²) in [6.07, 6.45) is -9.96. The molecule has 0 atom stereocenters. The number of rotatable bonds is 3. The number of benzene rings is 6. The number of hydrogen-bond donors (Lipinski definition) is 0. The van der Waals surface area contributed by atoms with E-state index in [-0.39, 0.29) is 22.5 Å². The third-order valence-corrected chi connectivity index (χ3v) is 9.78. The molecular weight excluding hydrogens is 672 g/mol. The minimum atomic E-state index is -5.02. The summed E-state index contributed by atoms with van der Waals surface area (Å²) < 4.78 is 92.1. The van der Waals surface area contributed by atoms with Crippen LogP contribution in [0.15, 0.2) is 103 Å². The number of aryl methyl sites for hydroxylation is 4. The number of fused-ring (bicyclic) bond motifs is 6. The van der Waals surface area contributed by atoms with Crippen molar-refractivity contribution >= 4 is 43.6 Å². The van der Waals surface area contributed by atoms with Crippen molar-refractivity contribution < 1.29 is 26.3 Å². The van der Waals surface area contributed by atoms with Gasteiger partial charge in [-0.1, -0.05) is 46.5 Å². The van der Waals surface area contributed by atoms with Gasteiger partial charge in [0.25, 0.3) is 0 Å². The fourth-order valence-electron chi connectivity index (χ4n) is 7.50. The zero-order valence-electron chi connectivity index (χ0n) is 28.4. The molecule has 0 radical (unpaired) electrons. The number of hydrogen-bond acceptors (Lipinski definition) is 1. The second-order valence-corrected chi connectivity index (χ2v) is 13.5. The molecule has 2 aromatic heterocycles. The molecule has 0 N–H and O–H groups in total. The van der Waals surface area contributed by atoms with Crippen LogP contribution in [0, 0.1) is 39.0 Å². The average molecular weight is 702 g/mol. The summed E-state index contributed by atoms with van der Waals surface area (Å²) in [5, 5.41) is 13.7. The second-order valence-electron chi connectivity index (χ2n) is 13.5. The third kappa shape index (κ3) is 5.20. The average Bonchev–Trinajstić information content (AvgIpc) is 3.57. The van der Waals surface area contributed by atoms with E-state index >= 15 is 13.2 Å². The van der Waals surface area contributed by atoms with Crippen molar-refractivity contribution in [3.05, 3.63) is 142 Å². The molecule has 52 heavy (non-hydrogen) atoms. The molecule has 0 aliphatic carbocycles. The summed E-state index contributed by atoms with van der Waals surface area (Å²) in [5.74, 6) is 0. The van der Waals surface area contributed by atoms with E-state index in [9.17, 15) is 18.4 Å². The van der Waals surface area contributed by atoms with Crippen LogP contribution >= 0.6 is 0 Å². The first-order valence-electron chi connectivity index (χ1n) is 16.5. The summed E-state index contributed by atoms with van der Waals surface area (Å²) in [6, 6.07) is 29.5. The first-order valence-corrected chi connectivity index (χ1v) is 16.5. The number of halogens is 6. The van der Waals surface area contributed by atoms with E-state index in [2.05, 4.69) is 6.07 Å². The van der Waals surface area contributed by atoms with E-state index in [4.69, 9.17) is 0 Å². The van der Waals surface area contributed by atoms with E-state index in [0.717, 1.165) is 43.8 Å². The van der Waals surface area contributed by atoms with Gasteiger partial charge < -0.3 is 9.13 Å². The molecule has 9 heteroatoms. The van der Waals surface area contributed by atoms with Gasteiger partial charge in [0.15, 0.2) is 0 Å². The lowest BCUT2D eigenvalue weighted by molar-refractivity contribution is -0.141. The molecule has 6 aromatic carbocycles. The Morgan fingerprint density at radius 2 is 0.865 bits per heavy atom. The largest absolute Gasteiger partial charge is 0.417 e. The lowest BCUT2D eigenvalue weighted by atomic mass is 9.92. The molecule has 0 fully saturated rings. The summed E-state index contributed by atoms with van der Waals surface area (Å²) >= 11 is 0. The van der Waals surface area contributed by atoms with Crippen LogP contribution in [-0.2, 0) is 12.4 Å². The highest BCUT2D eigenvalue weighted by Crippen LogP contribution is 2.48. The molecule has 8 aromatic rings. The van der Waals surface area contributed by atoms with Gasteiger partial charge in [-0.05, 0) is 112 Å². The smallest absolute Gasteiger partial charge is 0.308 e. The highest BCUT2D eigenvalue weighted by atomic mass is 19.4. The van der Waals surface area contributed by atoms with Crippen molar-refractivity contribution in [2.24, 2.45) is 0 Å². The first kappa shape index (κ1) is 33.2. The van der Waals surface area contributed by atoms with Gasteiger partial charge in [-0.15, -0.1) is 0 Å². The van der Waals surface area contributed by atoms with E-state index < -0.39 is 29.0 Å². The van der Waals surface area contributed by atoms with Gasteiger partial charge in [-0.25, -0.2) is 0 Å². The van der Waals surface area contributed by atoms with Gasteiger partial charge in [-0.2, -0.15) is 31.6 Å². The molecule has 0 amide bonds. The van der Waals surface area contributed by atoms with Crippen LogP contribution in [0.5, 0.6) is 0 Å². The van der Waals surface area contributed by atoms with Gasteiger partial charge in [0.2, 0.25) is 0 Å². The molecule has 0 unspecified atom stereocenters. The van der Waals surface area contributed by atoms with Crippen LogP contribution in [0.25, 0.3) is 66.1 Å². The van der Waals surface area contributed by atoms with Crippen molar-refractivity contribution in [2.45, 2.75) is 40.0 Å². The fourth-order valence-corrected chi connectivity index (χ4v) is 7.50. The monoisotopic (exact) mass is 701 g/mol. The molecule has 0 spiro atoms. The summed E-state index contributed by atoms with van der Waals surface area (Å²) in [7, 11) is 0. The second kappa shape index (κ2) is 11.5. The topological polar surface area (TPSA) is 33.6 Å². The Morgan fingerprint density at radius 1 is 0.481 bits per heavy atom. The predicted octanol–water partition coefficient (Wildman–Crippen LogP) is 12.7. The zero-order valence-corrected chi connectivity index (χ0v) is 28.4. The van der Waals surface area contributed by atoms with Crippen LogP contribution < -0.4 is 0 Å². The van der Waals surface area contributed by atoms with Crippen LogP contribution in [0.4, 0.5) is 26.3 Å². The molecule has 3 nitrogen and oxygen atoms in total. The van der Waals surface area contributed by atoms with Crippen molar-refractivity contribution in [1.29, 1.82) is 5.26 Å². The third-order valence-electron chi connectivity index (χ3n) is 9.78. The van der Waals surface area contributed by atoms with Crippen molar-refractivity contribution in [3.8, 4) is 28.6 Å². The number of aromatic nitrogens is 2. The van der Waals surface area contributed by atoms with E-state index in [1.54, 1.807) is 9.13 Å². The normalized spacial score (nSPS) is 12.4. The Labute approximate surface area is 294 Å². The van der Waals surface area contributed by atoms with Crippen molar-refractivity contribution in [1.82, 2.24) is 9.13 Å². The molecular formula is C43H29F6N3. The summed E-state index contributed by atoms with van der Waals surface area (Å²) in [4.78, 5) is 0. The molecule has 0 aliphatic heterocycles.